The molecule has 0 spiro atoms. The van der Waals surface area contributed by atoms with E-state index in [9.17, 15) is 0 Å². The van der Waals surface area contributed by atoms with Crippen LogP contribution in [0.3, 0.4) is 0 Å². The van der Waals surface area contributed by atoms with Crippen LogP contribution in [0.1, 0.15) is 30.0 Å². The van der Waals surface area contributed by atoms with Crippen LogP contribution in [-0.2, 0) is 17.9 Å². The Morgan fingerprint density at radius 2 is 2.07 bits per heavy atom. The summed E-state index contributed by atoms with van der Waals surface area (Å²) in [5, 5.41) is 8.96. The third-order valence-electron chi connectivity index (χ3n) is 5.11. The van der Waals surface area contributed by atoms with Crippen molar-refractivity contribution < 1.29 is 9.47 Å². The van der Waals surface area contributed by atoms with Crippen LogP contribution in [0.15, 0.2) is 42.6 Å². The highest BCUT2D eigenvalue weighted by atomic mass is 16.5. The average Bonchev–Trinajstić information content (AvgIpc) is 3.14. The Kier molecular flexibility index (Phi) is 5.65. The van der Waals surface area contributed by atoms with Crippen molar-refractivity contribution in [3.05, 3.63) is 53.9 Å². The molecule has 0 amide bonds. The molecule has 0 unspecified atom stereocenters. The smallest absolute Gasteiger partial charge is 0.213 e. The monoisotopic (exact) mass is 366 g/mol. The van der Waals surface area contributed by atoms with E-state index in [1.807, 2.05) is 23.0 Å². The first-order valence-electron chi connectivity index (χ1n) is 9.57. The number of hydrogen-bond acceptors (Lipinski definition) is 5. The molecule has 0 radical (unpaired) electrons. The Labute approximate surface area is 159 Å². The lowest BCUT2D eigenvalue weighted by Crippen LogP contribution is -2.27. The summed E-state index contributed by atoms with van der Waals surface area (Å²) in [5.41, 5.74) is 3.35. The fourth-order valence-corrected chi connectivity index (χ4v) is 3.58. The van der Waals surface area contributed by atoms with Crippen molar-refractivity contribution in [1.82, 2.24) is 20.1 Å². The molecule has 0 saturated carbocycles. The van der Waals surface area contributed by atoms with Crippen molar-refractivity contribution in [2.24, 2.45) is 0 Å². The fourth-order valence-electron chi connectivity index (χ4n) is 3.58. The number of hydrogen-bond donors (Lipinski definition) is 1. The Hall–Kier alpha value is -2.44. The first-order chi connectivity index (χ1) is 13.3. The Bertz CT molecular complexity index is 887. The van der Waals surface area contributed by atoms with Gasteiger partial charge in [-0.3, -0.25) is 4.68 Å². The second-order valence-corrected chi connectivity index (χ2v) is 6.97. The zero-order valence-electron chi connectivity index (χ0n) is 15.7. The van der Waals surface area contributed by atoms with Crippen molar-refractivity contribution in [1.29, 1.82) is 0 Å². The number of benzene rings is 1. The molecule has 0 aliphatic carbocycles. The predicted octanol–water partition coefficient (Wildman–Crippen LogP) is 3.12. The summed E-state index contributed by atoms with van der Waals surface area (Å²) < 4.78 is 13.1. The summed E-state index contributed by atoms with van der Waals surface area (Å²) in [6.45, 7) is 4.01. The second kappa shape index (κ2) is 8.50. The SMILES string of the molecule is COCCn1ncc2ccc(COc3cccc(C4CCNCC4)n3)cc21. The van der Waals surface area contributed by atoms with Crippen LogP contribution in [0, 0.1) is 0 Å². The minimum atomic E-state index is 0.494. The number of methoxy groups -OCH3 is 1. The number of aromatic nitrogens is 3. The maximum Gasteiger partial charge on any atom is 0.213 e. The summed E-state index contributed by atoms with van der Waals surface area (Å²) in [7, 11) is 1.70. The van der Waals surface area contributed by atoms with Crippen LogP contribution in [0.25, 0.3) is 10.9 Å². The third-order valence-corrected chi connectivity index (χ3v) is 5.11. The maximum absolute atomic E-state index is 5.99. The third kappa shape index (κ3) is 4.28. The number of ether oxygens (including phenoxy) is 2. The molecule has 2 aromatic heterocycles. The Morgan fingerprint density at radius 1 is 1.19 bits per heavy atom. The van der Waals surface area contributed by atoms with E-state index in [4.69, 9.17) is 14.5 Å². The van der Waals surface area contributed by atoms with E-state index < -0.39 is 0 Å². The van der Waals surface area contributed by atoms with Gasteiger partial charge in [0.1, 0.15) is 6.61 Å². The number of piperidine rings is 1. The molecule has 1 aromatic carbocycles. The number of nitrogens with one attached hydrogen (secondary N) is 1. The van der Waals surface area contributed by atoms with E-state index in [0.29, 0.717) is 25.0 Å². The molecule has 6 heteroatoms. The first kappa shape index (κ1) is 17.9. The molecule has 142 valence electrons. The average molecular weight is 366 g/mol. The molecule has 3 aromatic rings. The van der Waals surface area contributed by atoms with E-state index in [1.165, 1.54) is 0 Å². The summed E-state index contributed by atoms with van der Waals surface area (Å²) in [6.07, 6.45) is 4.16. The minimum absolute atomic E-state index is 0.494. The van der Waals surface area contributed by atoms with Gasteiger partial charge in [0.05, 0.1) is 24.9 Å². The summed E-state index contributed by atoms with van der Waals surface area (Å²) in [5.74, 6) is 1.22. The van der Waals surface area contributed by atoms with E-state index in [1.54, 1.807) is 7.11 Å². The van der Waals surface area contributed by atoms with Crippen LogP contribution in [0.2, 0.25) is 0 Å². The van der Waals surface area contributed by atoms with Gasteiger partial charge in [0, 0.05) is 30.2 Å². The highest BCUT2D eigenvalue weighted by Gasteiger charge is 2.16. The number of fused-ring (bicyclic) bond motifs is 1. The van der Waals surface area contributed by atoms with Crippen molar-refractivity contribution in [3.63, 3.8) is 0 Å². The van der Waals surface area contributed by atoms with Crippen molar-refractivity contribution >= 4 is 10.9 Å². The van der Waals surface area contributed by atoms with E-state index in [2.05, 4.69) is 34.7 Å². The van der Waals surface area contributed by atoms with Gasteiger partial charge in [-0.15, -0.1) is 0 Å². The normalized spacial score (nSPS) is 15.3. The van der Waals surface area contributed by atoms with Crippen molar-refractivity contribution in [2.45, 2.75) is 31.9 Å². The van der Waals surface area contributed by atoms with Gasteiger partial charge < -0.3 is 14.8 Å². The van der Waals surface area contributed by atoms with Gasteiger partial charge >= 0.3 is 0 Å². The summed E-state index contributed by atoms with van der Waals surface area (Å²) >= 11 is 0. The van der Waals surface area contributed by atoms with Crippen molar-refractivity contribution in [3.8, 4) is 5.88 Å². The van der Waals surface area contributed by atoms with Gasteiger partial charge in [0.15, 0.2) is 0 Å². The molecule has 0 atom stereocenters. The van der Waals surface area contributed by atoms with Crippen molar-refractivity contribution in [2.75, 3.05) is 26.8 Å². The van der Waals surface area contributed by atoms with Gasteiger partial charge in [-0.2, -0.15) is 5.10 Å². The highest BCUT2D eigenvalue weighted by molar-refractivity contribution is 5.79. The zero-order valence-corrected chi connectivity index (χ0v) is 15.7. The molecule has 1 saturated heterocycles. The van der Waals surface area contributed by atoms with E-state index >= 15 is 0 Å². The number of rotatable bonds is 7. The van der Waals surface area contributed by atoms with Gasteiger partial charge in [0.2, 0.25) is 5.88 Å². The fraction of sp³-hybridized carbons (Fsp3) is 0.429. The van der Waals surface area contributed by atoms with Crippen LogP contribution < -0.4 is 10.1 Å². The number of nitrogens with zero attached hydrogens (tertiary/aromatic N) is 3. The van der Waals surface area contributed by atoms with Gasteiger partial charge in [-0.25, -0.2) is 4.98 Å². The summed E-state index contributed by atoms with van der Waals surface area (Å²) in [6, 6.07) is 12.4. The molecular formula is C21H26N4O2. The molecule has 4 rings (SSSR count). The van der Waals surface area contributed by atoms with Gasteiger partial charge in [-0.05, 0) is 43.6 Å². The molecule has 6 nitrogen and oxygen atoms in total. The second-order valence-electron chi connectivity index (χ2n) is 6.97. The lowest BCUT2D eigenvalue weighted by Gasteiger charge is -2.22. The zero-order chi connectivity index (χ0) is 18.5. The standard InChI is InChI=1S/C21H26N4O2/c1-26-12-11-25-20-13-16(5-6-18(20)14-23-25)15-27-21-4-2-3-19(24-21)17-7-9-22-10-8-17/h2-6,13-14,17,22H,7-12,15H2,1H3. The maximum atomic E-state index is 5.99. The molecule has 1 N–H and O–H groups in total. The molecular weight excluding hydrogens is 340 g/mol. The highest BCUT2D eigenvalue weighted by Crippen LogP contribution is 2.25. The predicted molar refractivity (Wildman–Crippen MR) is 105 cm³/mol. The molecule has 0 bridgehead atoms. The molecule has 27 heavy (non-hydrogen) atoms. The first-order valence-corrected chi connectivity index (χ1v) is 9.57. The Morgan fingerprint density at radius 3 is 2.93 bits per heavy atom. The molecule has 1 aliphatic heterocycles. The van der Waals surface area contributed by atoms with Crippen LogP contribution in [0.4, 0.5) is 0 Å². The largest absolute Gasteiger partial charge is 0.473 e. The minimum Gasteiger partial charge on any atom is -0.473 e. The van der Waals surface area contributed by atoms with Gasteiger partial charge in [-0.1, -0.05) is 18.2 Å². The topological polar surface area (TPSA) is 61.2 Å². The quantitative estimate of drug-likeness (QED) is 0.696. The Balaban J connectivity index is 1.45. The lowest BCUT2D eigenvalue weighted by atomic mass is 9.94. The number of pyridine rings is 1. The van der Waals surface area contributed by atoms with Crippen LogP contribution in [-0.4, -0.2) is 41.6 Å². The van der Waals surface area contributed by atoms with Gasteiger partial charge in [0.25, 0.3) is 0 Å². The van der Waals surface area contributed by atoms with E-state index in [-0.39, 0.29) is 0 Å². The lowest BCUT2D eigenvalue weighted by molar-refractivity contribution is 0.185. The molecule has 1 aliphatic rings. The van der Waals surface area contributed by atoms with Crippen LogP contribution in [0.5, 0.6) is 5.88 Å². The molecule has 1 fully saturated rings. The molecule has 3 heterocycles. The summed E-state index contributed by atoms with van der Waals surface area (Å²) in [4.78, 5) is 4.74. The van der Waals surface area contributed by atoms with Crippen LogP contribution >= 0.6 is 0 Å². The van der Waals surface area contributed by atoms with E-state index in [0.717, 1.165) is 54.6 Å².